The van der Waals surface area contributed by atoms with Crippen LogP contribution in [0, 0.1) is 0 Å². The molecule has 0 fully saturated rings. The number of aromatic nitrogens is 5. The van der Waals surface area contributed by atoms with E-state index in [-0.39, 0.29) is 5.41 Å². The van der Waals surface area contributed by atoms with Crippen molar-refractivity contribution < 1.29 is 4.42 Å². The first kappa shape index (κ1) is 20.6. The van der Waals surface area contributed by atoms with E-state index in [1.54, 1.807) is 18.0 Å². The Hall–Kier alpha value is -3.32. The quantitative estimate of drug-likeness (QED) is 0.323. The van der Waals surface area contributed by atoms with E-state index in [0.29, 0.717) is 12.3 Å². The zero-order valence-corrected chi connectivity index (χ0v) is 19.2. The summed E-state index contributed by atoms with van der Waals surface area (Å²) in [6.07, 6.45) is 1.69. The van der Waals surface area contributed by atoms with Crippen LogP contribution >= 0.6 is 11.8 Å². The molecule has 3 aromatic heterocycles. The average Bonchev–Trinajstić information content (AvgIpc) is 3.52. The summed E-state index contributed by atoms with van der Waals surface area (Å²) < 4.78 is 7.72. The highest BCUT2D eigenvalue weighted by Crippen LogP contribution is 2.29. The highest BCUT2D eigenvalue weighted by molar-refractivity contribution is 7.98. The van der Waals surface area contributed by atoms with Crippen LogP contribution in [-0.2, 0) is 17.7 Å². The summed E-state index contributed by atoms with van der Waals surface area (Å²) in [6.45, 7) is 7.22. The number of H-pyrrole nitrogens is 1. The average molecular weight is 444 g/mol. The Balaban J connectivity index is 1.45. The highest BCUT2D eigenvalue weighted by atomic mass is 32.2. The molecule has 0 aliphatic carbocycles. The van der Waals surface area contributed by atoms with Gasteiger partial charge >= 0.3 is 0 Å². The molecule has 0 aliphatic rings. The molecule has 0 saturated heterocycles. The normalized spacial score (nSPS) is 12.0. The minimum Gasteiger partial charge on any atom is -0.467 e. The van der Waals surface area contributed by atoms with Crippen molar-refractivity contribution in [3.05, 3.63) is 84.1 Å². The van der Waals surface area contributed by atoms with Crippen LogP contribution in [0.1, 0.15) is 37.9 Å². The maximum atomic E-state index is 5.62. The van der Waals surface area contributed by atoms with Crippen molar-refractivity contribution in [3.8, 4) is 11.4 Å². The van der Waals surface area contributed by atoms with Crippen molar-refractivity contribution in [3.63, 3.8) is 0 Å². The van der Waals surface area contributed by atoms with E-state index in [4.69, 9.17) is 4.42 Å². The SMILES string of the molecule is CC(C)(C)c1ccc(-c2nnc(SCc3nc4ccccc4[nH]3)n2Cc2ccco2)cc1. The molecule has 0 amide bonds. The maximum Gasteiger partial charge on any atom is 0.192 e. The van der Waals surface area contributed by atoms with E-state index in [0.717, 1.165) is 39.2 Å². The minimum atomic E-state index is 0.105. The second kappa shape index (κ2) is 8.31. The summed E-state index contributed by atoms with van der Waals surface area (Å²) in [4.78, 5) is 8.06. The van der Waals surface area contributed by atoms with Crippen LogP contribution in [0.15, 0.2) is 76.5 Å². The lowest BCUT2D eigenvalue weighted by Gasteiger charge is -2.19. The molecule has 0 spiro atoms. The first-order chi connectivity index (χ1) is 15.5. The van der Waals surface area contributed by atoms with E-state index >= 15 is 0 Å². The third-order valence-corrected chi connectivity index (χ3v) is 6.37. The molecule has 0 aliphatic heterocycles. The van der Waals surface area contributed by atoms with Crippen LogP contribution in [0.4, 0.5) is 0 Å². The van der Waals surface area contributed by atoms with Gasteiger partial charge in [0.1, 0.15) is 11.6 Å². The molecule has 3 heterocycles. The van der Waals surface area contributed by atoms with Crippen LogP contribution in [0.5, 0.6) is 0 Å². The van der Waals surface area contributed by atoms with E-state index < -0.39 is 0 Å². The lowest BCUT2D eigenvalue weighted by Crippen LogP contribution is -2.10. The van der Waals surface area contributed by atoms with E-state index in [9.17, 15) is 0 Å². The van der Waals surface area contributed by atoms with Crippen molar-refractivity contribution in [2.75, 3.05) is 0 Å². The van der Waals surface area contributed by atoms with Crippen LogP contribution in [0.3, 0.4) is 0 Å². The Labute approximate surface area is 191 Å². The van der Waals surface area contributed by atoms with Gasteiger partial charge in [0.15, 0.2) is 11.0 Å². The summed E-state index contributed by atoms with van der Waals surface area (Å²) in [6, 6.07) is 20.5. The lowest BCUT2D eigenvalue weighted by atomic mass is 9.87. The Bertz CT molecular complexity index is 1290. The molecule has 6 nitrogen and oxygen atoms in total. The molecule has 0 bridgehead atoms. The first-order valence-electron chi connectivity index (χ1n) is 10.6. The summed E-state index contributed by atoms with van der Waals surface area (Å²) in [5.41, 5.74) is 4.44. The molecule has 162 valence electrons. The minimum absolute atomic E-state index is 0.105. The topological polar surface area (TPSA) is 72.5 Å². The molecule has 0 radical (unpaired) electrons. The number of para-hydroxylation sites is 2. The van der Waals surface area contributed by atoms with Crippen molar-refractivity contribution in [2.45, 2.75) is 43.6 Å². The molecule has 7 heteroatoms. The van der Waals surface area contributed by atoms with Crippen molar-refractivity contribution in [1.29, 1.82) is 0 Å². The summed E-state index contributed by atoms with van der Waals surface area (Å²) in [5, 5.41) is 9.87. The molecule has 2 aromatic carbocycles. The molecule has 1 N–H and O–H groups in total. The van der Waals surface area contributed by atoms with Crippen LogP contribution in [-0.4, -0.2) is 24.7 Å². The molecule has 0 atom stereocenters. The number of imidazole rings is 1. The summed E-state index contributed by atoms with van der Waals surface area (Å²) in [5.74, 6) is 3.28. The second-order valence-electron chi connectivity index (χ2n) is 8.79. The van der Waals surface area contributed by atoms with Crippen molar-refractivity contribution in [1.82, 2.24) is 24.7 Å². The molecular weight excluding hydrogens is 418 g/mol. The number of thioether (sulfide) groups is 1. The number of rotatable bonds is 6. The van der Waals surface area contributed by atoms with E-state index in [1.165, 1.54) is 5.56 Å². The van der Waals surface area contributed by atoms with Crippen molar-refractivity contribution in [2.24, 2.45) is 0 Å². The molecule has 0 unspecified atom stereocenters. The van der Waals surface area contributed by atoms with Crippen LogP contribution < -0.4 is 0 Å². The predicted octanol–water partition coefficient (Wildman–Crippen LogP) is 6.05. The second-order valence-corrected chi connectivity index (χ2v) is 9.73. The number of nitrogens with one attached hydrogen (secondary N) is 1. The largest absolute Gasteiger partial charge is 0.467 e. The van der Waals surface area contributed by atoms with E-state index in [1.807, 2.05) is 36.4 Å². The number of benzene rings is 2. The number of nitrogens with zero attached hydrogens (tertiary/aromatic N) is 4. The van der Waals surface area contributed by atoms with Crippen molar-refractivity contribution >= 4 is 22.8 Å². The molecule has 0 saturated carbocycles. The number of hydrogen-bond donors (Lipinski definition) is 1. The number of furan rings is 1. The third-order valence-electron chi connectivity index (χ3n) is 5.40. The fourth-order valence-electron chi connectivity index (χ4n) is 3.64. The van der Waals surface area contributed by atoms with Gasteiger partial charge in [-0.05, 0) is 35.2 Å². The van der Waals surface area contributed by atoms with Gasteiger partial charge in [0, 0.05) is 5.56 Å². The smallest absolute Gasteiger partial charge is 0.192 e. The highest BCUT2D eigenvalue weighted by Gasteiger charge is 2.18. The van der Waals surface area contributed by atoms with E-state index in [2.05, 4.69) is 69.8 Å². The van der Waals surface area contributed by atoms with Gasteiger partial charge in [-0.15, -0.1) is 10.2 Å². The zero-order valence-electron chi connectivity index (χ0n) is 18.4. The first-order valence-corrected chi connectivity index (χ1v) is 11.6. The van der Waals surface area contributed by atoms with Gasteiger partial charge in [0.2, 0.25) is 0 Å². The van der Waals surface area contributed by atoms with Gasteiger partial charge < -0.3 is 9.40 Å². The van der Waals surface area contributed by atoms with Gasteiger partial charge in [0.05, 0.1) is 29.6 Å². The van der Waals surface area contributed by atoms with Gasteiger partial charge in [0.25, 0.3) is 0 Å². The fraction of sp³-hybridized carbons (Fsp3) is 0.240. The molecular formula is C25H25N5OS. The number of fused-ring (bicyclic) bond motifs is 1. The molecule has 5 rings (SSSR count). The fourth-order valence-corrected chi connectivity index (χ4v) is 4.44. The van der Waals surface area contributed by atoms with Gasteiger partial charge in [-0.3, -0.25) is 4.57 Å². The molecule has 32 heavy (non-hydrogen) atoms. The monoisotopic (exact) mass is 443 g/mol. The Morgan fingerprint density at radius 2 is 1.78 bits per heavy atom. The maximum absolute atomic E-state index is 5.62. The molecule has 5 aromatic rings. The number of hydrogen-bond acceptors (Lipinski definition) is 5. The van der Waals surface area contributed by atoms with Crippen LogP contribution in [0.2, 0.25) is 0 Å². The Morgan fingerprint density at radius 1 is 0.969 bits per heavy atom. The third kappa shape index (κ3) is 4.21. The van der Waals surface area contributed by atoms with Gasteiger partial charge in [-0.25, -0.2) is 4.98 Å². The number of aromatic amines is 1. The predicted molar refractivity (Wildman–Crippen MR) is 128 cm³/mol. The summed E-state index contributed by atoms with van der Waals surface area (Å²) >= 11 is 1.61. The standard InChI is InChI=1S/C25H25N5OS/c1-25(2,3)18-12-10-17(11-13-18)23-28-29-24(30(23)15-19-7-6-14-31-19)32-16-22-26-20-8-4-5-9-21(20)27-22/h4-14H,15-16H2,1-3H3,(H,26,27). The lowest BCUT2D eigenvalue weighted by molar-refractivity contribution is 0.485. The Morgan fingerprint density at radius 3 is 2.50 bits per heavy atom. The Kier molecular flexibility index (Phi) is 5.35. The summed E-state index contributed by atoms with van der Waals surface area (Å²) in [7, 11) is 0. The van der Waals surface area contributed by atoms with Gasteiger partial charge in [-0.1, -0.05) is 68.9 Å². The van der Waals surface area contributed by atoms with Crippen LogP contribution in [0.25, 0.3) is 22.4 Å². The van der Waals surface area contributed by atoms with Gasteiger partial charge in [-0.2, -0.15) is 0 Å². The zero-order chi connectivity index (χ0) is 22.1.